The SMILES string of the molecule is COc1ccc(NC(=O)c2csc(C#CCO)c2)cn1. The molecular weight excluding hydrogens is 276 g/mol. The van der Waals surface area contributed by atoms with Gasteiger partial charge in [-0.05, 0) is 12.1 Å². The molecule has 2 heterocycles. The molecule has 2 aromatic rings. The Kier molecular flexibility index (Phi) is 4.71. The molecule has 2 aromatic heterocycles. The first-order valence-electron chi connectivity index (χ1n) is 5.72. The Hall–Kier alpha value is -2.36. The lowest BCUT2D eigenvalue weighted by Crippen LogP contribution is -2.10. The molecule has 0 unspecified atom stereocenters. The highest BCUT2D eigenvalue weighted by molar-refractivity contribution is 7.10. The average Bonchev–Trinajstić information content (AvgIpc) is 2.95. The zero-order chi connectivity index (χ0) is 14.4. The number of carbonyl (C=O) groups excluding carboxylic acids is 1. The molecule has 0 fully saturated rings. The molecule has 0 saturated heterocycles. The van der Waals surface area contributed by atoms with Gasteiger partial charge in [-0.1, -0.05) is 11.8 Å². The van der Waals surface area contributed by atoms with Gasteiger partial charge in [0, 0.05) is 11.4 Å². The van der Waals surface area contributed by atoms with Gasteiger partial charge in [0.15, 0.2) is 0 Å². The summed E-state index contributed by atoms with van der Waals surface area (Å²) in [5.41, 5.74) is 1.11. The molecule has 0 aliphatic rings. The Bertz CT molecular complexity index is 653. The average molecular weight is 288 g/mol. The molecule has 2 N–H and O–H groups in total. The number of aliphatic hydroxyl groups excluding tert-OH is 1. The summed E-state index contributed by atoms with van der Waals surface area (Å²) < 4.78 is 4.94. The van der Waals surface area contributed by atoms with Crippen molar-refractivity contribution in [2.24, 2.45) is 0 Å². The number of anilines is 1. The fraction of sp³-hybridized carbons (Fsp3) is 0.143. The summed E-state index contributed by atoms with van der Waals surface area (Å²) in [5, 5.41) is 13.1. The standard InChI is InChI=1S/C14H12N2O3S/c1-19-13-5-4-11(8-15-13)16-14(18)10-7-12(20-9-10)3-2-6-17/h4-5,7-9,17H,6H2,1H3,(H,16,18). The molecule has 0 aliphatic carbocycles. The minimum absolute atomic E-state index is 0.197. The van der Waals surface area contributed by atoms with Gasteiger partial charge >= 0.3 is 0 Å². The van der Waals surface area contributed by atoms with E-state index < -0.39 is 0 Å². The molecule has 0 spiro atoms. The molecule has 0 saturated carbocycles. The number of aliphatic hydroxyl groups is 1. The molecule has 6 heteroatoms. The van der Waals surface area contributed by atoms with Crippen molar-refractivity contribution in [3.63, 3.8) is 0 Å². The maximum atomic E-state index is 12.0. The van der Waals surface area contributed by atoms with Crippen molar-refractivity contribution in [3.8, 4) is 17.7 Å². The molecule has 0 bridgehead atoms. The van der Waals surface area contributed by atoms with E-state index in [4.69, 9.17) is 9.84 Å². The van der Waals surface area contributed by atoms with Crippen LogP contribution in [0.1, 0.15) is 15.2 Å². The van der Waals surface area contributed by atoms with Gasteiger partial charge < -0.3 is 15.2 Å². The second-order valence-electron chi connectivity index (χ2n) is 3.70. The van der Waals surface area contributed by atoms with Crippen LogP contribution in [-0.4, -0.2) is 29.7 Å². The van der Waals surface area contributed by atoms with Gasteiger partial charge in [0.2, 0.25) is 5.88 Å². The highest BCUT2D eigenvalue weighted by Gasteiger charge is 2.08. The first-order valence-corrected chi connectivity index (χ1v) is 6.60. The van der Waals surface area contributed by atoms with Gasteiger partial charge in [-0.15, -0.1) is 11.3 Å². The fourth-order valence-electron chi connectivity index (χ4n) is 1.43. The molecule has 2 rings (SSSR count). The predicted molar refractivity (Wildman–Crippen MR) is 77.0 cm³/mol. The summed E-state index contributed by atoms with van der Waals surface area (Å²) in [6.45, 7) is -0.197. The van der Waals surface area contributed by atoms with Crippen LogP contribution < -0.4 is 10.1 Å². The van der Waals surface area contributed by atoms with Gasteiger partial charge in [0.05, 0.1) is 29.4 Å². The highest BCUT2D eigenvalue weighted by atomic mass is 32.1. The summed E-state index contributed by atoms with van der Waals surface area (Å²) in [6.07, 6.45) is 1.52. The van der Waals surface area contributed by atoms with E-state index in [9.17, 15) is 4.79 Å². The molecule has 20 heavy (non-hydrogen) atoms. The summed E-state index contributed by atoms with van der Waals surface area (Å²) in [4.78, 5) is 16.7. The van der Waals surface area contributed by atoms with E-state index >= 15 is 0 Å². The molecule has 5 nitrogen and oxygen atoms in total. The lowest BCUT2D eigenvalue weighted by atomic mass is 10.3. The van der Waals surface area contributed by atoms with Crippen LogP contribution in [0, 0.1) is 11.8 Å². The number of hydrogen-bond donors (Lipinski definition) is 2. The van der Waals surface area contributed by atoms with E-state index in [0.29, 0.717) is 17.1 Å². The van der Waals surface area contributed by atoms with Crippen molar-refractivity contribution in [1.82, 2.24) is 4.98 Å². The van der Waals surface area contributed by atoms with Gasteiger partial charge in [-0.2, -0.15) is 0 Å². The van der Waals surface area contributed by atoms with E-state index in [1.54, 1.807) is 23.6 Å². The lowest BCUT2D eigenvalue weighted by molar-refractivity contribution is 0.102. The van der Waals surface area contributed by atoms with E-state index in [1.807, 2.05) is 0 Å². The number of ether oxygens (including phenoxy) is 1. The number of amides is 1. The molecular formula is C14H12N2O3S. The van der Waals surface area contributed by atoms with Gasteiger partial charge in [-0.25, -0.2) is 4.98 Å². The van der Waals surface area contributed by atoms with Crippen molar-refractivity contribution in [2.45, 2.75) is 0 Å². The Morgan fingerprint density at radius 1 is 1.55 bits per heavy atom. The van der Waals surface area contributed by atoms with Crippen molar-refractivity contribution >= 4 is 22.9 Å². The number of aromatic nitrogens is 1. The minimum atomic E-state index is -0.231. The first kappa shape index (κ1) is 14.1. The number of pyridine rings is 1. The van der Waals surface area contributed by atoms with Crippen LogP contribution in [0.4, 0.5) is 5.69 Å². The highest BCUT2D eigenvalue weighted by Crippen LogP contribution is 2.16. The third-order valence-electron chi connectivity index (χ3n) is 2.36. The van der Waals surface area contributed by atoms with Crippen molar-refractivity contribution < 1.29 is 14.6 Å². The summed E-state index contributed by atoms with van der Waals surface area (Å²) in [7, 11) is 1.53. The van der Waals surface area contributed by atoms with Crippen molar-refractivity contribution in [1.29, 1.82) is 0 Å². The van der Waals surface area contributed by atoms with Crippen LogP contribution >= 0.6 is 11.3 Å². The summed E-state index contributed by atoms with van der Waals surface area (Å²) >= 11 is 1.35. The topological polar surface area (TPSA) is 71.5 Å². The van der Waals surface area contributed by atoms with Crippen LogP contribution in [0.2, 0.25) is 0 Å². The number of hydrogen-bond acceptors (Lipinski definition) is 5. The van der Waals surface area contributed by atoms with Gasteiger partial charge in [0.25, 0.3) is 5.91 Å². The normalized spacial score (nSPS) is 9.50. The second-order valence-corrected chi connectivity index (χ2v) is 4.61. The number of nitrogens with one attached hydrogen (secondary N) is 1. The van der Waals surface area contributed by atoms with Crippen LogP contribution in [0.3, 0.4) is 0 Å². The first-order chi connectivity index (χ1) is 9.72. The number of methoxy groups -OCH3 is 1. The summed E-state index contributed by atoms with van der Waals surface area (Å²) in [6, 6.07) is 5.06. The largest absolute Gasteiger partial charge is 0.481 e. The lowest BCUT2D eigenvalue weighted by Gasteiger charge is -2.04. The Balaban J connectivity index is 2.05. The van der Waals surface area contributed by atoms with E-state index in [0.717, 1.165) is 4.88 Å². The molecule has 0 radical (unpaired) electrons. The number of thiophene rings is 1. The third kappa shape index (κ3) is 3.57. The number of carbonyl (C=O) groups is 1. The number of rotatable bonds is 3. The Morgan fingerprint density at radius 2 is 2.40 bits per heavy atom. The maximum absolute atomic E-state index is 12.0. The van der Waals surface area contributed by atoms with E-state index in [2.05, 4.69) is 22.1 Å². The Labute approximate surface area is 120 Å². The van der Waals surface area contributed by atoms with E-state index in [-0.39, 0.29) is 12.5 Å². The van der Waals surface area contributed by atoms with E-state index in [1.165, 1.54) is 24.6 Å². The molecule has 102 valence electrons. The summed E-state index contributed by atoms with van der Waals surface area (Å²) in [5.74, 6) is 5.55. The zero-order valence-electron chi connectivity index (χ0n) is 10.7. The van der Waals surface area contributed by atoms with Crippen molar-refractivity contribution in [3.05, 3.63) is 40.2 Å². The van der Waals surface area contributed by atoms with Gasteiger partial charge in [-0.3, -0.25) is 4.79 Å². The van der Waals surface area contributed by atoms with Crippen LogP contribution in [0.15, 0.2) is 29.8 Å². The predicted octanol–water partition coefficient (Wildman–Crippen LogP) is 1.75. The quantitative estimate of drug-likeness (QED) is 0.844. The molecule has 0 aliphatic heterocycles. The zero-order valence-corrected chi connectivity index (χ0v) is 11.5. The molecule has 1 amide bonds. The fourth-order valence-corrected chi connectivity index (χ4v) is 2.18. The maximum Gasteiger partial charge on any atom is 0.256 e. The third-order valence-corrected chi connectivity index (χ3v) is 3.20. The van der Waals surface area contributed by atoms with Crippen LogP contribution in [0.5, 0.6) is 5.88 Å². The van der Waals surface area contributed by atoms with Gasteiger partial charge in [0.1, 0.15) is 6.61 Å². The minimum Gasteiger partial charge on any atom is -0.481 e. The molecule has 0 atom stereocenters. The Morgan fingerprint density at radius 3 is 3.05 bits per heavy atom. The van der Waals surface area contributed by atoms with Crippen molar-refractivity contribution in [2.75, 3.05) is 19.0 Å². The second kappa shape index (κ2) is 6.70. The van der Waals surface area contributed by atoms with Crippen LogP contribution in [-0.2, 0) is 0 Å². The molecule has 0 aromatic carbocycles. The smallest absolute Gasteiger partial charge is 0.256 e. The van der Waals surface area contributed by atoms with Crippen LogP contribution in [0.25, 0.3) is 0 Å². The number of nitrogens with zero attached hydrogens (tertiary/aromatic N) is 1. The monoisotopic (exact) mass is 288 g/mol.